The molecule has 1 unspecified atom stereocenters. The third-order valence-electron chi connectivity index (χ3n) is 1.60. The van der Waals surface area contributed by atoms with Crippen molar-refractivity contribution in [2.45, 2.75) is 26.9 Å². The van der Waals surface area contributed by atoms with Gasteiger partial charge in [-0.25, -0.2) is 0 Å². The average Bonchev–Trinajstić information content (AvgIpc) is 2.04. The quantitative estimate of drug-likeness (QED) is 0.702. The SMILES string of the molecule is CC(C)=CC(O)c1cnc(C)cn1. The smallest absolute Gasteiger partial charge is 0.116 e. The highest BCUT2D eigenvalue weighted by Gasteiger charge is 2.04. The molecule has 1 heterocycles. The van der Waals surface area contributed by atoms with E-state index < -0.39 is 6.10 Å². The fraction of sp³-hybridized carbons (Fsp3) is 0.400. The molecule has 1 aromatic heterocycles. The first-order chi connectivity index (χ1) is 6.09. The maximum Gasteiger partial charge on any atom is 0.116 e. The minimum atomic E-state index is -0.641. The van der Waals surface area contributed by atoms with Gasteiger partial charge in [-0.15, -0.1) is 0 Å². The van der Waals surface area contributed by atoms with Gasteiger partial charge in [-0.05, 0) is 20.8 Å². The number of rotatable bonds is 2. The molecule has 13 heavy (non-hydrogen) atoms. The molecule has 0 saturated heterocycles. The molecule has 3 heteroatoms. The van der Waals surface area contributed by atoms with Crippen molar-refractivity contribution in [3.8, 4) is 0 Å². The van der Waals surface area contributed by atoms with Gasteiger partial charge in [0.15, 0.2) is 0 Å². The summed E-state index contributed by atoms with van der Waals surface area (Å²) in [5, 5.41) is 9.60. The van der Waals surface area contributed by atoms with Gasteiger partial charge in [0, 0.05) is 6.20 Å². The van der Waals surface area contributed by atoms with E-state index in [-0.39, 0.29) is 0 Å². The molecule has 1 rings (SSSR count). The molecule has 1 N–H and O–H groups in total. The lowest BCUT2D eigenvalue weighted by molar-refractivity contribution is 0.222. The predicted octanol–water partition coefficient (Wildman–Crippen LogP) is 1.78. The van der Waals surface area contributed by atoms with E-state index in [1.54, 1.807) is 18.5 Å². The number of aryl methyl sites for hydroxylation is 1. The van der Waals surface area contributed by atoms with Crippen LogP contribution in [0.5, 0.6) is 0 Å². The molecule has 0 aliphatic heterocycles. The lowest BCUT2D eigenvalue weighted by Gasteiger charge is -2.04. The monoisotopic (exact) mass is 178 g/mol. The molecule has 3 nitrogen and oxygen atoms in total. The summed E-state index contributed by atoms with van der Waals surface area (Å²) in [7, 11) is 0. The standard InChI is InChI=1S/C10H14N2O/c1-7(2)4-10(13)9-6-11-8(3)5-12-9/h4-6,10,13H,1-3H3. The molecule has 0 aromatic carbocycles. The summed E-state index contributed by atoms with van der Waals surface area (Å²) in [6.07, 6.45) is 4.36. The Morgan fingerprint density at radius 1 is 1.38 bits per heavy atom. The lowest BCUT2D eigenvalue weighted by Crippen LogP contribution is -1.99. The summed E-state index contributed by atoms with van der Waals surface area (Å²) in [4.78, 5) is 8.13. The maximum absolute atomic E-state index is 9.60. The number of aliphatic hydroxyl groups is 1. The Hall–Kier alpha value is -1.22. The zero-order valence-corrected chi connectivity index (χ0v) is 8.15. The van der Waals surface area contributed by atoms with Crippen LogP contribution in [0.3, 0.4) is 0 Å². The molecule has 70 valence electrons. The Morgan fingerprint density at radius 3 is 2.54 bits per heavy atom. The predicted molar refractivity (Wildman–Crippen MR) is 51.2 cm³/mol. The van der Waals surface area contributed by atoms with E-state index in [9.17, 15) is 5.11 Å². The van der Waals surface area contributed by atoms with Crippen LogP contribution < -0.4 is 0 Å². The molecule has 0 bridgehead atoms. The van der Waals surface area contributed by atoms with E-state index in [2.05, 4.69) is 9.97 Å². The summed E-state index contributed by atoms with van der Waals surface area (Å²) < 4.78 is 0. The van der Waals surface area contributed by atoms with Gasteiger partial charge in [0.2, 0.25) is 0 Å². The number of aromatic nitrogens is 2. The summed E-state index contributed by atoms with van der Waals surface area (Å²) >= 11 is 0. The molecule has 0 spiro atoms. The van der Waals surface area contributed by atoms with E-state index in [1.165, 1.54) is 0 Å². The summed E-state index contributed by atoms with van der Waals surface area (Å²) in [5.41, 5.74) is 2.51. The number of allylic oxidation sites excluding steroid dienone is 1. The van der Waals surface area contributed by atoms with E-state index in [0.29, 0.717) is 5.69 Å². The topological polar surface area (TPSA) is 46.0 Å². The van der Waals surface area contributed by atoms with Gasteiger partial charge >= 0.3 is 0 Å². The van der Waals surface area contributed by atoms with Crippen LogP contribution in [0.2, 0.25) is 0 Å². The molecule has 1 aromatic rings. The number of hydrogen-bond acceptors (Lipinski definition) is 3. The third-order valence-corrected chi connectivity index (χ3v) is 1.60. The highest BCUT2D eigenvalue weighted by atomic mass is 16.3. The molecular weight excluding hydrogens is 164 g/mol. The second-order valence-corrected chi connectivity index (χ2v) is 3.27. The van der Waals surface area contributed by atoms with Crippen LogP contribution in [-0.2, 0) is 0 Å². The van der Waals surface area contributed by atoms with Gasteiger partial charge in [-0.2, -0.15) is 0 Å². The van der Waals surface area contributed by atoms with Crippen LogP contribution in [0.1, 0.15) is 31.3 Å². The second-order valence-electron chi connectivity index (χ2n) is 3.27. The van der Waals surface area contributed by atoms with Crippen LogP contribution in [0.15, 0.2) is 24.0 Å². The van der Waals surface area contributed by atoms with Crippen LogP contribution in [0, 0.1) is 6.92 Å². The largest absolute Gasteiger partial charge is 0.383 e. The van der Waals surface area contributed by atoms with Gasteiger partial charge in [0.25, 0.3) is 0 Å². The van der Waals surface area contributed by atoms with E-state index in [1.807, 2.05) is 20.8 Å². The number of aliphatic hydroxyl groups excluding tert-OH is 1. The third kappa shape index (κ3) is 2.95. The van der Waals surface area contributed by atoms with E-state index in [0.717, 1.165) is 11.3 Å². The van der Waals surface area contributed by atoms with Gasteiger partial charge in [-0.1, -0.05) is 11.6 Å². The minimum Gasteiger partial charge on any atom is -0.383 e. The first-order valence-electron chi connectivity index (χ1n) is 4.21. The van der Waals surface area contributed by atoms with E-state index >= 15 is 0 Å². The Kier molecular flexibility index (Phi) is 3.14. The maximum atomic E-state index is 9.60. The Morgan fingerprint density at radius 2 is 2.08 bits per heavy atom. The van der Waals surface area contributed by atoms with Gasteiger partial charge < -0.3 is 5.11 Å². The van der Waals surface area contributed by atoms with Crippen molar-refractivity contribution in [2.24, 2.45) is 0 Å². The summed E-state index contributed by atoms with van der Waals surface area (Å²) in [6.45, 7) is 5.74. The minimum absolute atomic E-state index is 0.590. The fourth-order valence-corrected chi connectivity index (χ4v) is 0.956. The molecule has 0 aliphatic rings. The number of hydrogen-bond donors (Lipinski definition) is 1. The Balaban J connectivity index is 2.83. The molecule has 0 fully saturated rings. The van der Waals surface area contributed by atoms with Crippen molar-refractivity contribution >= 4 is 0 Å². The highest BCUT2D eigenvalue weighted by Crippen LogP contribution is 2.11. The average molecular weight is 178 g/mol. The van der Waals surface area contributed by atoms with Gasteiger partial charge in [0.1, 0.15) is 6.10 Å². The van der Waals surface area contributed by atoms with Crippen molar-refractivity contribution in [2.75, 3.05) is 0 Å². The molecule has 0 radical (unpaired) electrons. The van der Waals surface area contributed by atoms with Gasteiger partial charge in [0.05, 0.1) is 17.6 Å². The molecular formula is C10H14N2O. The van der Waals surface area contributed by atoms with Crippen LogP contribution in [0.4, 0.5) is 0 Å². The normalized spacial score (nSPS) is 12.3. The summed E-state index contributed by atoms with van der Waals surface area (Å²) in [5.74, 6) is 0. The highest BCUT2D eigenvalue weighted by molar-refractivity contribution is 5.11. The van der Waals surface area contributed by atoms with Crippen LogP contribution in [-0.4, -0.2) is 15.1 Å². The van der Waals surface area contributed by atoms with Crippen LogP contribution >= 0.6 is 0 Å². The number of nitrogens with zero attached hydrogens (tertiary/aromatic N) is 2. The molecule has 1 atom stereocenters. The van der Waals surface area contributed by atoms with Gasteiger partial charge in [-0.3, -0.25) is 9.97 Å². The second kappa shape index (κ2) is 4.14. The Labute approximate surface area is 78.2 Å². The molecule has 0 aliphatic carbocycles. The van der Waals surface area contributed by atoms with Crippen molar-refractivity contribution < 1.29 is 5.11 Å². The van der Waals surface area contributed by atoms with Crippen molar-refractivity contribution in [3.63, 3.8) is 0 Å². The zero-order chi connectivity index (χ0) is 9.84. The van der Waals surface area contributed by atoms with Crippen molar-refractivity contribution in [3.05, 3.63) is 35.4 Å². The van der Waals surface area contributed by atoms with Crippen LogP contribution in [0.25, 0.3) is 0 Å². The molecule has 0 amide bonds. The summed E-state index contributed by atoms with van der Waals surface area (Å²) in [6, 6.07) is 0. The molecule has 0 saturated carbocycles. The zero-order valence-electron chi connectivity index (χ0n) is 8.15. The first-order valence-corrected chi connectivity index (χ1v) is 4.21. The fourth-order valence-electron chi connectivity index (χ4n) is 0.956. The van der Waals surface area contributed by atoms with E-state index in [4.69, 9.17) is 0 Å². The lowest BCUT2D eigenvalue weighted by atomic mass is 10.2. The van der Waals surface area contributed by atoms with Crippen molar-refractivity contribution in [1.29, 1.82) is 0 Å². The van der Waals surface area contributed by atoms with Crippen molar-refractivity contribution in [1.82, 2.24) is 9.97 Å². The first kappa shape index (κ1) is 9.86. The Bertz CT molecular complexity index is 299.